The molecule has 0 aliphatic heterocycles. The molecule has 1 rings (SSSR count). The molecular formula is C8H9N3O. The van der Waals surface area contributed by atoms with Crippen molar-refractivity contribution in [2.75, 3.05) is 0 Å². The van der Waals surface area contributed by atoms with Crippen molar-refractivity contribution in [2.45, 2.75) is 13.8 Å². The quantitative estimate of drug-likeness (QED) is 0.575. The standard InChI is InChI=1S/C8H9N3O/c1-5-7(4-9)8(6(2)12)11(3)10-5/h1-3H3. The van der Waals surface area contributed by atoms with Gasteiger partial charge in [-0.05, 0) is 6.92 Å². The van der Waals surface area contributed by atoms with Crippen molar-refractivity contribution in [3.05, 3.63) is 17.0 Å². The lowest BCUT2D eigenvalue weighted by Gasteiger charge is -1.94. The highest BCUT2D eigenvalue weighted by Crippen LogP contribution is 2.11. The van der Waals surface area contributed by atoms with Gasteiger partial charge in [0.15, 0.2) is 5.78 Å². The van der Waals surface area contributed by atoms with E-state index in [2.05, 4.69) is 5.10 Å². The lowest BCUT2D eigenvalue weighted by Crippen LogP contribution is -2.04. The first-order valence-electron chi connectivity index (χ1n) is 3.52. The van der Waals surface area contributed by atoms with Crippen LogP contribution in [-0.2, 0) is 7.05 Å². The van der Waals surface area contributed by atoms with Gasteiger partial charge in [-0.1, -0.05) is 0 Å². The number of nitrogens with zero attached hydrogens (tertiary/aromatic N) is 3. The summed E-state index contributed by atoms with van der Waals surface area (Å²) in [5.74, 6) is -0.130. The average Bonchev–Trinajstić information content (AvgIpc) is 2.24. The van der Waals surface area contributed by atoms with E-state index in [0.29, 0.717) is 17.0 Å². The minimum Gasteiger partial charge on any atom is -0.293 e. The minimum absolute atomic E-state index is 0.130. The molecule has 0 amide bonds. The van der Waals surface area contributed by atoms with Crippen LogP contribution in [-0.4, -0.2) is 15.6 Å². The zero-order valence-corrected chi connectivity index (χ0v) is 7.25. The summed E-state index contributed by atoms with van der Waals surface area (Å²) in [5.41, 5.74) is 1.37. The van der Waals surface area contributed by atoms with Crippen LogP contribution in [0, 0.1) is 18.3 Å². The Hall–Kier alpha value is -1.63. The first-order chi connectivity index (χ1) is 5.57. The maximum atomic E-state index is 11.0. The summed E-state index contributed by atoms with van der Waals surface area (Å²) in [7, 11) is 1.66. The number of carbonyl (C=O) groups is 1. The van der Waals surface area contributed by atoms with Crippen molar-refractivity contribution in [3.8, 4) is 6.07 Å². The second kappa shape index (κ2) is 2.78. The van der Waals surface area contributed by atoms with Crippen molar-refractivity contribution < 1.29 is 4.79 Å². The SMILES string of the molecule is CC(=O)c1c(C#N)c(C)nn1C. The third-order valence-electron chi connectivity index (χ3n) is 1.67. The Morgan fingerprint density at radius 3 is 2.58 bits per heavy atom. The molecule has 0 aliphatic carbocycles. The number of aryl methyl sites for hydroxylation is 2. The molecular weight excluding hydrogens is 154 g/mol. The fourth-order valence-electron chi connectivity index (χ4n) is 1.20. The molecule has 4 nitrogen and oxygen atoms in total. The Kier molecular flexibility index (Phi) is 1.96. The normalized spacial score (nSPS) is 9.50. The summed E-state index contributed by atoms with van der Waals surface area (Å²) in [6.07, 6.45) is 0. The summed E-state index contributed by atoms with van der Waals surface area (Å²) < 4.78 is 1.44. The number of rotatable bonds is 1. The van der Waals surface area contributed by atoms with Crippen LogP contribution in [0.5, 0.6) is 0 Å². The van der Waals surface area contributed by atoms with Crippen LogP contribution in [0.15, 0.2) is 0 Å². The molecule has 1 aromatic heterocycles. The molecule has 0 saturated heterocycles. The Balaban J connectivity index is 3.45. The van der Waals surface area contributed by atoms with Gasteiger partial charge in [0.05, 0.1) is 5.69 Å². The zero-order valence-electron chi connectivity index (χ0n) is 7.25. The summed E-state index contributed by atoms with van der Waals surface area (Å²) in [6.45, 7) is 3.14. The number of carbonyl (C=O) groups excluding carboxylic acids is 1. The van der Waals surface area contributed by atoms with Gasteiger partial charge in [-0.15, -0.1) is 0 Å². The van der Waals surface area contributed by atoms with E-state index >= 15 is 0 Å². The van der Waals surface area contributed by atoms with Gasteiger partial charge < -0.3 is 0 Å². The van der Waals surface area contributed by atoms with Crippen LogP contribution >= 0.6 is 0 Å². The fraction of sp³-hybridized carbons (Fsp3) is 0.375. The summed E-state index contributed by atoms with van der Waals surface area (Å²) in [4.78, 5) is 11.0. The lowest BCUT2D eigenvalue weighted by atomic mass is 10.1. The van der Waals surface area contributed by atoms with Gasteiger partial charge in [0.2, 0.25) is 0 Å². The molecule has 0 N–H and O–H groups in total. The minimum atomic E-state index is -0.130. The smallest absolute Gasteiger partial charge is 0.179 e. The second-order valence-corrected chi connectivity index (χ2v) is 2.60. The van der Waals surface area contributed by atoms with Crippen LogP contribution in [0.2, 0.25) is 0 Å². The molecule has 1 heterocycles. The lowest BCUT2D eigenvalue weighted by molar-refractivity contribution is 0.100. The topological polar surface area (TPSA) is 58.7 Å². The van der Waals surface area contributed by atoms with E-state index in [-0.39, 0.29) is 5.78 Å². The Morgan fingerprint density at radius 1 is 1.67 bits per heavy atom. The molecule has 0 radical (unpaired) electrons. The summed E-state index contributed by atoms with van der Waals surface area (Å²) in [5, 5.41) is 12.7. The molecule has 0 fully saturated rings. The van der Waals surface area contributed by atoms with E-state index in [0.717, 1.165) is 0 Å². The van der Waals surface area contributed by atoms with Gasteiger partial charge in [-0.2, -0.15) is 10.4 Å². The number of aromatic nitrogens is 2. The monoisotopic (exact) mass is 163 g/mol. The Bertz CT molecular complexity index is 370. The molecule has 12 heavy (non-hydrogen) atoms. The number of hydrogen-bond acceptors (Lipinski definition) is 3. The molecule has 0 atom stereocenters. The van der Waals surface area contributed by atoms with Crippen molar-refractivity contribution in [2.24, 2.45) is 7.05 Å². The first kappa shape index (κ1) is 8.47. The predicted octanol–water partition coefficient (Wildman–Crippen LogP) is 0.803. The molecule has 0 aromatic carbocycles. The molecule has 0 spiro atoms. The number of Topliss-reactive ketones (excluding diaryl/α,β-unsaturated/α-hetero) is 1. The van der Waals surface area contributed by atoms with Crippen LogP contribution in [0.1, 0.15) is 28.7 Å². The van der Waals surface area contributed by atoms with Crippen molar-refractivity contribution >= 4 is 5.78 Å². The van der Waals surface area contributed by atoms with Gasteiger partial charge >= 0.3 is 0 Å². The van der Waals surface area contributed by atoms with Gasteiger partial charge in [0.1, 0.15) is 17.3 Å². The third kappa shape index (κ3) is 1.10. The fourth-order valence-corrected chi connectivity index (χ4v) is 1.20. The molecule has 4 heteroatoms. The Labute approximate surface area is 70.4 Å². The van der Waals surface area contributed by atoms with Crippen LogP contribution in [0.3, 0.4) is 0 Å². The summed E-state index contributed by atoms with van der Waals surface area (Å²) >= 11 is 0. The Morgan fingerprint density at radius 2 is 2.25 bits per heavy atom. The van der Waals surface area contributed by atoms with Crippen LogP contribution in [0.4, 0.5) is 0 Å². The highest BCUT2D eigenvalue weighted by atomic mass is 16.1. The van der Waals surface area contributed by atoms with Gasteiger partial charge in [0.25, 0.3) is 0 Å². The molecule has 1 aromatic rings. The van der Waals surface area contributed by atoms with Crippen LogP contribution < -0.4 is 0 Å². The molecule has 62 valence electrons. The average molecular weight is 163 g/mol. The zero-order chi connectivity index (χ0) is 9.30. The molecule has 0 aliphatic rings. The highest BCUT2D eigenvalue weighted by molar-refractivity contribution is 5.95. The third-order valence-corrected chi connectivity index (χ3v) is 1.67. The largest absolute Gasteiger partial charge is 0.293 e. The first-order valence-corrected chi connectivity index (χ1v) is 3.52. The van der Waals surface area contributed by atoms with E-state index in [1.807, 2.05) is 6.07 Å². The van der Waals surface area contributed by atoms with Gasteiger partial charge in [-0.3, -0.25) is 9.48 Å². The second-order valence-electron chi connectivity index (χ2n) is 2.60. The number of hydrogen-bond donors (Lipinski definition) is 0. The molecule has 0 bridgehead atoms. The van der Waals surface area contributed by atoms with Crippen molar-refractivity contribution in [3.63, 3.8) is 0 Å². The highest BCUT2D eigenvalue weighted by Gasteiger charge is 2.15. The van der Waals surface area contributed by atoms with E-state index < -0.39 is 0 Å². The predicted molar refractivity (Wildman–Crippen MR) is 42.7 cm³/mol. The number of ketones is 1. The van der Waals surface area contributed by atoms with Crippen molar-refractivity contribution in [1.29, 1.82) is 5.26 Å². The maximum Gasteiger partial charge on any atom is 0.179 e. The van der Waals surface area contributed by atoms with Crippen molar-refractivity contribution in [1.82, 2.24) is 9.78 Å². The van der Waals surface area contributed by atoms with E-state index in [1.54, 1.807) is 14.0 Å². The molecule has 0 unspecified atom stereocenters. The summed E-state index contributed by atoms with van der Waals surface area (Å²) in [6, 6.07) is 1.96. The van der Waals surface area contributed by atoms with Gasteiger partial charge in [-0.25, -0.2) is 0 Å². The molecule has 0 saturated carbocycles. The van der Waals surface area contributed by atoms with E-state index in [9.17, 15) is 4.79 Å². The van der Waals surface area contributed by atoms with Crippen LogP contribution in [0.25, 0.3) is 0 Å². The van der Waals surface area contributed by atoms with E-state index in [1.165, 1.54) is 11.6 Å². The van der Waals surface area contributed by atoms with E-state index in [4.69, 9.17) is 5.26 Å². The number of nitriles is 1. The maximum absolute atomic E-state index is 11.0. The van der Waals surface area contributed by atoms with Gasteiger partial charge in [0, 0.05) is 14.0 Å².